The van der Waals surface area contributed by atoms with Gasteiger partial charge in [-0.3, -0.25) is 4.79 Å². The van der Waals surface area contributed by atoms with Crippen LogP contribution in [0.4, 0.5) is 10.1 Å². The van der Waals surface area contributed by atoms with Crippen molar-refractivity contribution in [2.75, 3.05) is 18.8 Å². The first kappa shape index (κ1) is 12.8. The number of halogens is 1. The highest BCUT2D eigenvalue weighted by Crippen LogP contribution is 2.21. The number of amides is 1. The molecule has 0 aromatic heterocycles. The number of carbonyl (C=O) groups is 1. The van der Waals surface area contributed by atoms with E-state index >= 15 is 0 Å². The number of aliphatic hydroxyl groups excluding tert-OH is 1. The lowest BCUT2D eigenvalue weighted by Crippen LogP contribution is -2.45. The van der Waals surface area contributed by atoms with Crippen LogP contribution in [0.3, 0.4) is 0 Å². The molecule has 1 aliphatic rings. The van der Waals surface area contributed by atoms with Gasteiger partial charge in [-0.2, -0.15) is 0 Å². The molecule has 0 spiro atoms. The Kier molecular flexibility index (Phi) is 3.52. The predicted molar refractivity (Wildman–Crippen MR) is 66.5 cm³/mol. The zero-order valence-corrected chi connectivity index (χ0v) is 10.3. The highest BCUT2D eigenvalue weighted by atomic mass is 19.1. The number of nitrogens with zero attached hydrogens (tertiary/aromatic N) is 1. The number of carbonyl (C=O) groups excluding carboxylic acids is 1. The van der Waals surface area contributed by atoms with Crippen LogP contribution in [-0.2, 0) is 0 Å². The average Bonchev–Trinajstić information content (AvgIpc) is 2.32. The van der Waals surface area contributed by atoms with Crippen LogP contribution in [0.1, 0.15) is 23.7 Å². The molecular weight excluding hydrogens is 235 g/mol. The van der Waals surface area contributed by atoms with Gasteiger partial charge in [-0.15, -0.1) is 0 Å². The van der Waals surface area contributed by atoms with Gasteiger partial charge in [0.05, 0.1) is 11.7 Å². The second kappa shape index (κ2) is 4.94. The Morgan fingerprint density at radius 3 is 2.89 bits per heavy atom. The minimum atomic E-state index is -0.452. The lowest BCUT2D eigenvalue weighted by Gasteiger charge is -2.34. The minimum Gasteiger partial charge on any atom is -0.398 e. The van der Waals surface area contributed by atoms with Gasteiger partial charge in [-0.05, 0) is 30.5 Å². The zero-order valence-electron chi connectivity index (χ0n) is 10.3. The molecule has 1 aromatic carbocycles. The van der Waals surface area contributed by atoms with Crippen molar-refractivity contribution in [3.8, 4) is 0 Å². The van der Waals surface area contributed by atoms with Gasteiger partial charge in [0, 0.05) is 18.8 Å². The molecule has 1 amide bonds. The largest absolute Gasteiger partial charge is 0.398 e. The van der Waals surface area contributed by atoms with E-state index in [1.807, 2.05) is 6.92 Å². The summed E-state index contributed by atoms with van der Waals surface area (Å²) >= 11 is 0. The van der Waals surface area contributed by atoms with Crippen LogP contribution < -0.4 is 5.73 Å². The molecule has 18 heavy (non-hydrogen) atoms. The summed E-state index contributed by atoms with van der Waals surface area (Å²) in [6, 6.07) is 3.78. The number of likely N-dealkylation sites (tertiary alicyclic amines) is 1. The second-order valence-corrected chi connectivity index (χ2v) is 4.82. The highest BCUT2D eigenvalue weighted by Gasteiger charge is 2.28. The maximum Gasteiger partial charge on any atom is 0.255 e. The van der Waals surface area contributed by atoms with Crippen molar-refractivity contribution >= 4 is 11.6 Å². The van der Waals surface area contributed by atoms with Gasteiger partial charge in [0.25, 0.3) is 5.91 Å². The first-order valence-electron chi connectivity index (χ1n) is 6.01. The molecule has 5 heteroatoms. The summed E-state index contributed by atoms with van der Waals surface area (Å²) in [7, 11) is 0. The number of hydrogen-bond donors (Lipinski definition) is 2. The van der Waals surface area contributed by atoms with Crippen LogP contribution in [0.15, 0.2) is 18.2 Å². The molecule has 1 aromatic rings. The number of aliphatic hydroxyl groups is 1. The molecule has 3 N–H and O–H groups in total. The van der Waals surface area contributed by atoms with Crippen molar-refractivity contribution in [2.45, 2.75) is 19.4 Å². The van der Waals surface area contributed by atoms with E-state index in [9.17, 15) is 14.3 Å². The van der Waals surface area contributed by atoms with Crippen molar-refractivity contribution < 1.29 is 14.3 Å². The van der Waals surface area contributed by atoms with Gasteiger partial charge in [0.2, 0.25) is 0 Å². The average molecular weight is 252 g/mol. The molecule has 0 aliphatic carbocycles. The highest BCUT2D eigenvalue weighted by molar-refractivity contribution is 5.99. The Labute approximate surface area is 105 Å². The maximum atomic E-state index is 12.9. The Bertz CT molecular complexity index is 464. The van der Waals surface area contributed by atoms with E-state index in [4.69, 9.17) is 5.73 Å². The molecule has 2 rings (SSSR count). The van der Waals surface area contributed by atoms with Gasteiger partial charge in [-0.25, -0.2) is 4.39 Å². The Morgan fingerprint density at radius 2 is 2.28 bits per heavy atom. The maximum absolute atomic E-state index is 12.9. The molecule has 1 fully saturated rings. The molecule has 1 saturated heterocycles. The van der Waals surface area contributed by atoms with Crippen molar-refractivity contribution in [3.63, 3.8) is 0 Å². The number of nitrogen functional groups attached to an aromatic ring is 1. The number of nitrogens with two attached hydrogens (primary N) is 1. The lowest BCUT2D eigenvalue weighted by molar-refractivity contribution is 0.0298. The van der Waals surface area contributed by atoms with Crippen LogP contribution in [-0.4, -0.2) is 35.1 Å². The third kappa shape index (κ3) is 2.46. The fourth-order valence-electron chi connectivity index (χ4n) is 2.22. The van der Waals surface area contributed by atoms with E-state index < -0.39 is 5.82 Å². The van der Waals surface area contributed by atoms with Crippen LogP contribution in [0.25, 0.3) is 0 Å². The Morgan fingerprint density at radius 1 is 1.56 bits per heavy atom. The molecule has 2 unspecified atom stereocenters. The van der Waals surface area contributed by atoms with Gasteiger partial charge in [0.1, 0.15) is 5.82 Å². The molecule has 2 atom stereocenters. The van der Waals surface area contributed by atoms with E-state index in [1.54, 1.807) is 4.90 Å². The quantitative estimate of drug-likeness (QED) is 0.739. The van der Waals surface area contributed by atoms with Gasteiger partial charge in [-0.1, -0.05) is 6.92 Å². The summed E-state index contributed by atoms with van der Waals surface area (Å²) in [5, 5.41) is 9.63. The van der Waals surface area contributed by atoms with Crippen molar-refractivity contribution in [1.29, 1.82) is 0 Å². The molecule has 1 heterocycles. The van der Waals surface area contributed by atoms with Crippen LogP contribution in [0.5, 0.6) is 0 Å². The third-order valence-corrected chi connectivity index (χ3v) is 3.39. The number of hydrogen-bond acceptors (Lipinski definition) is 3. The van der Waals surface area contributed by atoms with Crippen LogP contribution >= 0.6 is 0 Å². The van der Waals surface area contributed by atoms with Crippen LogP contribution in [0.2, 0.25) is 0 Å². The third-order valence-electron chi connectivity index (χ3n) is 3.39. The molecule has 4 nitrogen and oxygen atoms in total. The lowest BCUT2D eigenvalue weighted by atomic mass is 9.96. The second-order valence-electron chi connectivity index (χ2n) is 4.82. The Balaban J connectivity index is 2.16. The van der Waals surface area contributed by atoms with E-state index in [0.717, 1.165) is 6.07 Å². The Hall–Kier alpha value is -1.62. The van der Waals surface area contributed by atoms with E-state index in [1.165, 1.54) is 12.1 Å². The fraction of sp³-hybridized carbons (Fsp3) is 0.462. The van der Waals surface area contributed by atoms with E-state index in [-0.39, 0.29) is 23.6 Å². The van der Waals surface area contributed by atoms with Gasteiger partial charge in [0.15, 0.2) is 0 Å². The fourth-order valence-corrected chi connectivity index (χ4v) is 2.22. The molecule has 98 valence electrons. The summed E-state index contributed by atoms with van der Waals surface area (Å²) in [4.78, 5) is 13.9. The van der Waals surface area contributed by atoms with Crippen molar-refractivity contribution in [1.82, 2.24) is 4.90 Å². The zero-order chi connectivity index (χ0) is 13.3. The van der Waals surface area contributed by atoms with Gasteiger partial charge >= 0.3 is 0 Å². The van der Waals surface area contributed by atoms with E-state index in [2.05, 4.69) is 0 Å². The number of benzene rings is 1. The topological polar surface area (TPSA) is 66.6 Å². The van der Waals surface area contributed by atoms with Gasteiger partial charge < -0.3 is 15.7 Å². The minimum absolute atomic E-state index is 0.0457. The normalized spacial score (nSPS) is 24.1. The summed E-state index contributed by atoms with van der Waals surface area (Å²) in [6.07, 6.45) is 0.202. The molecule has 1 aliphatic heterocycles. The monoisotopic (exact) mass is 252 g/mol. The SMILES string of the molecule is CC1CN(C(=O)c2ccc(F)cc2N)CCC1O. The number of rotatable bonds is 1. The smallest absolute Gasteiger partial charge is 0.255 e. The van der Waals surface area contributed by atoms with Crippen LogP contribution in [0, 0.1) is 11.7 Å². The van der Waals surface area contributed by atoms with Crippen molar-refractivity contribution in [2.24, 2.45) is 5.92 Å². The first-order chi connectivity index (χ1) is 8.49. The number of anilines is 1. The molecular formula is C13H17FN2O2. The summed E-state index contributed by atoms with van der Waals surface area (Å²) < 4.78 is 12.9. The standard InChI is InChI=1S/C13H17FN2O2/c1-8-7-16(5-4-12(8)17)13(18)10-3-2-9(14)6-11(10)15/h2-3,6,8,12,17H,4-5,7,15H2,1H3. The predicted octanol–water partition coefficient (Wildman–Crippen LogP) is 1.25. The van der Waals surface area contributed by atoms with E-state index in [0.29, 0.717) is 25.1 Å². The first-order valence-corrected chi connectivity index (χ1v) is 6.01. The summed E-state index contributed by atoms with van der Waals surface area (Å²) in [5.74, 6) is -0.609. The molecule has 0 radical (unpaired) electrons. The molecule has 0 bridgehead atoms. The molecule has 0 saturated carbocycles. The summed E-state index contributed by atoms with van der Waals surface area (Å²) in [5.41, 5.74) is 6.13. The summed E-state index contributed by atoms with van der Waals surface area (Å²) in [6.45, 7) is 2.90. The van der Waals surface area contributed by atoms with Crippen molar-refractivity contribution in [3.05, 3.63) is 29.6 Å². The number of piperidine rings is 1.